The Morgan fingerprint density at radius 1 is 1.21 bits per heavy atom. The maximum absolute atomic E-state index is 11.5. The normalized spacial score (nSPS) is 13.9. The minimum Gasteiger partial charge on any atom is -0.481 e. The molecule has 1 unspecified atom stereocenters. The maximum Gasteiger partial charge on any atom is 0.309 e. The number of carboxylic acid groups (broad SMARTS) is 1. The molecule has 0 aromatic rings. The number of rotatable bonds is 4. The third kappa shape index (κ3) is 3.01. The topological polar surface area (TPSA) is 66.4 Å². The van der Waals surface area contributed by atoms with Gasteiger partial charge in [0.25, 0.3) is 0 Å². The SMILES string of the molecule is CC(C)NC(=O)C(C)C(C)(C)C(=O)O. The van der Waals surface area contributed by atoms with Crippen LogP contribution in [-0.2, 0) is 9.59 Å². The average Bonchev–Trinajstić information content (AvgIpc) is 2.01. The summed E-state index contributed by atoms with van der Waals surface area (Å²) in [6.45, 7) is 8.43. The fourth-order valence-corrected chi connectivity index (χ4v) is 0.922. The summed E-state index contributed by atoms with van der Waals surface area (Å²) in [5.41, 5.74) is -1.03. The molecule has 0 spiro atoms. The van der Waals surface area contributed by atoms with Crippen LogP contribution in [0.15, 0.2) is 0 Å². The molecule has 0 saturated carbocycles. The quantitative estimate of drug-likeness (QED) is 0.719. The molecule has 0 saturated heterocycles. The maximum atomic E-state index is 11.5. The van der Waals surface area contributed by atoms with Crippen LogP contribution in [0, 0.1) is 11.3 Å². The molecule has 14 heavy (non-hydrogen) atoms. The van der Waals surface area contributed by atoms with Crippen LogP contribution in [0.4, 0.5) is 0 Å². The number of carbonyl (C=O) groups excluding carboxylic acids is 1. The molecule has 4 heteroatoms. The predicted molar refractivity (Wildman–Crippen MR) is 53.9 cm³/mol. The Kier molecular flexibility index (Phi) is 4.10. The van der Waals surface area contributed by atoms with Crippen LogP contribution in [0.3, 0.4) is 0 Å². The molecule has 1 atom stereocenters. The van der Waals surface area contributed by atoms with Crippen LogP contribution in [0.2, 0.25) is 0 Å². The van der Waals surface area contributed by atoms with Gasteiger partial charge in [-0.2, -0.15) is 0 Å². The van der Waals surface area contributed by atoms with Gasteiger partial charge in [-0.3, -0.25) is 9.59 Å². The van der Waals surface area contributed by atoms with Crippen LogP contribution in [0.25, 0.3) is 0 Å². The Hall–Kier alpha value is -1.06. The number of carboxylic acids is 1. The molecule has 0 aromatic carbocycles. The Morgan fingerprint density at radius 2 is 1.64 bits per heavy atom. The molecular formula is C10H19NO3. The van der Waals surface area contributed by atoms with Crippen molar-refractivity contribution < 1.29 is 14.7 Å². The van der Waals surface area contributed by atoms with E-state index in [4.69, 9.17) is 5.11 Å². The summed E-state index contributed by atoms with van der Waals surface area (Å²) in [6.07, 6.45) is 0. The summed E-state index contributed by atoms with van der Waals surface area (Å²) in [7, 11) is 0. The van der Waals surface area contributed by atoms with E-state index >= 15 is 0 Å². The van der Waals surface area contributed by atoms with Gasteiger partial charge in [0, 0.05) is 6.04 Å². The number of aliphatic carboxylic acids is 1. The zero-order valence-corrected chi connectivity index (χ0v) is 9.42. The van der Waals surface area contributed by atoms with Crippen molar-refractivity contribution in [2.24, 2.45) is 11.3 Å². The van der Waals surface area contributed by atoms with E-state index in [1.165, 1.54) is 0 Å². The van der Waals surface area contributed by atoms with E-state index in [0.29, 0.717) is 0 Å². The van der Waals surface area contributed by atoms with Crippen LogP contribution in [0.1, 0.15) is 34.6 Å². The molecule has 0 aliphatic carbocycles. The molecule has 2 N–H and O–H groups in total. The third-order valence-electron chi connectivity index (χ3n) is 2.46. The lowest BCUT2D eigenvalue weighted by Crippen LogP contribution is -2.43. The molecule has 0 fully saturated rings. The first-order valence-electron chi connectivity index (χ1n) is 4.73. The van der Waals surface area contributed by atoms with Crippen molar-refractivity contribution in [3.63, 3.8) is 0 Å². The van der Waals surface area contributed by atoms with Crippen molar-refractivity contribution >= 4 is 11.9 Å². The largest absolute Gasteiger partial charge is 0.481 e. The monoisotopic (exact) mass is 201 g/mol. The molecule has 0 aromatic heterocycles. The lowest BCUT2D eigenvalue weighted by Gasteiger charge is -2.26. The van der Waals surface area contributed by atoms with E-state index in [1.54, 1.807) is 20.8 Å². The summed E-state index contributed by atoms with van der Waals surface area (Å²) >= 11 is 0. The van der Waals surface area contributed by atoms with E-state index in [2.05, 4.69) is 5.32 Å². The van der Waals surface area contributed by atoms with Gasteiger partial charge in [-0.25, -0.2) is 0 Å². The Balaban J connectivity index is 4.53. The molecule has 0 rings (SSSR count). The smallest absolute Gasteiger partial charge is 0.309 e. The lowest BCUT2D eigenvalue weighted by atomic mass is 9.79. The lowest BCUT2D eigenvalue weighted by molar-refractivity contribution is -0.153. The van der Waals surface area contributed by atoms with Gasteiger partial charge >= 0.3 is 5.97 Å². The van der Waals surface area contributed by atoms with E-state index in [9.17, 15) is 9.59 Å². The molecule has 0 aliphatic heterocycles. The number of hydrogen-bond acceptors (Lipinski definition) is 2. The van der Waals surface area contributed by atoms with Crippen molar-refractivity contribution in [3.05, 3.63) is 0 Å². The van der Waals surface area contributed by atoms with E-state index in [1.807, 2.05) is 13.8 Å². The van der Waals surface area contributed by atoms with Crippen LogP contribution in [-0.4, -0.2) is 23.0 Å². The minimum absolute atomic E-state index is 0.0366. The second-order valence-corrected chi connectivity index (χ2v) is 4.41. The first kappa shape index (κ1) is 12.9. The van der Waals surface area contributed by atoms with E-state index in [-0.39, 0.29) is 11.9 Å². The van der Waals surface area contributed by atoms with Gasteiger partial charge < -0.3 is 10.4 Å². The molecule has 82 valence electrons. The van der Waals surface area contributed by atoms with Gasteiger partial charge in [-0.05, 0) is 27.7 Å². The third-order valence-corrected chi connectivity index (χ3v) is 2.46. The highest BCUT2D eigenvalue weighted by Crippen LogP contribution is 2.26. The van der Waals surface area contributed by atoms with Crippen molar-refractivity contribution in [2.45, 2.75) is 40.7 Å². The van der Waals surface area contributed by atoms with Gasteiger partial charge in [0.15, 0.2) is 0 Å². The summed E-state index contributed by atoms with van der Waals surface area (Å²) in [5, 5.41) is 11.6. The van der Waals surface area contributed by atoms with Crippen molar-refractivity contribution in [1.29, 1.82) is 0 Å². The summed E-state index contributed by atoms with van der Waals surface area (Å²) < 4.78 is 0. The first-order valence-corrected chi connectivity index (χ1v) is 4.73. The Labute approximate surface area is 84.7 Å². The molecule has 1 amide bonds. The molecular weight excluding hydrogens is 182 g/mol. The highest BCUT2D eigenvalue weighted by Gasteiger charge is 2.38. The standard InChI is InChI=1S/C10H19NO3/c1-6(2)11-8(12)7(3)10(4,5)9(13)14/h6-7H,1-5H3,(H,11,12)(H,13,14). The van der Waals surface area contributed by atoms with Gasteiger partial charge in [-0.1, -0.05) is 6.92 Å². The highest BCUT2D eigenvalue weighted by molar-refractivity contribution is 5.86. The zero-order chi connectivity index (χ0) is 11.5. The average molecular weight is 201 g/mol. The Morgan fingerprint density at radius 3 is 1.93 bits per heavy atom. The fraction of sp³-hybridized carbons (Fsp3) is 0.800. The van der Waals surface area contributed by atoms with E-state index < -0.39 is 17.3 Å². The first-order chi connectivity index (χ1) is 6.19. The summed E-state index contributed by atoms with van der Waals surface area (Å²) in [6, 6.07) is 0.0366. The predicted octanol–water partition coefficient (Wildman–Crippen LogP) is 1.26. The fourth-order valence-electron chi connectivity index (χ4n) is 0.922. The molecule has 0 heterocycles. The summed E-state index contributed by atoms with van der Waals surface area (Å²) in [4.78, 5) is 22.4. The van der Waals surface area contributed by atoms with Crippen molar-refractivity contribution in [1.82, 2.24) is 5.32 Å². The molecule has 0 aliphatic rings. The van der Waals surface area contributed by atoms with Crippen LogP contribution >= 0.6 is 0 Å². The van der Waals surface area contributed by atoms with Crippen LogP contribution < -0.4 is 5.32 Å². The molecule has 4 nitrogen and oxygen atoms in total. The number of amides is 1. The second-order valence-electron chi connectivity index (χ2n) is 4.41. The Bertz CT molecular complexity index is 234. The number of carbonyl (C=O) groups is 2. The van der Waals surface area contributed by atoms with Gasteiger partial charge in [-0.15, -0.1) is 0 Å². The minimum atomic E-state index is -1.03. The molecule has 0 radical (unpaired) electrons. The van der Waals surface area contributed by atoms with Crippen LogP contribution in [0.5, 0.6) is 0 Å². The van der Waals surface area contributed by atoms with Gasteiger partial charge in [0.1, 0.15) is 0 Å². The highest BCUT2D eigenvalue weighted by atomic mass is 16.4. The van der Waals surface area contributed by atoms with Crippen molar-refractivity contribution in [3.8, 4) is 0 Å². The second kappa shape index (κ2) is 4.44. The van der Waals surface area contributed by atoms with Gasteiger partial charge in [0.2, 0.25) is 5.91 Å². The zero-order valence-electron chi connectivity index (χ0n) is 9.42. The van der Waals surface area contributed by atoms with Crippen molar-refractivity contribution in [2.75, 3.05) is 0 Å². The van der Waals surface area contributed by atoms with E-state index in [0.717, 1.165) is 0 Å². The van der Waals surface area contributed by atoms with Gasteiger partial charge in [0.05, 0.1) is 11.3 Å². The molecule has 0 bridgehead atoms. The number of hydrogen-bond donors (Lipinski definition) is 2. The summed E-state index contributed by atoms with van der Waals surface area (Å²) in [5.74, 6) is -1.71. The number of nitrogens with one attached hydrogen (secondary N) is 1.